The molecule has 0 saturated carbocycles. The van der Waals surface area contributed by atoms with E-state index in [0.717, 1.165) is 37.6 Å². The molecular formula is C33H39F4N3O7. The second kappa shape index (κ2) is 14.1. The highest BCUT2D eigenvalue weighted by atomic mass is 19.4. The van der Waals surface area contributed by atoms with Gasteiger partial charge in [-0.15, -0.1) is 0 Å². The van der Waals surface area contributed by atoms with Crippen molar-refractivity contribution in [3.05, 3.63) is 41.3 Å². The Balaban J connectivity index is 1.80. The highest BCUT2D eigenvalue weighted by molar-refractivity contribution is 6.06. The summed E-state index contributed by atoms with van der Waals surface area (Å²) in [5.74, 6) is -5.19. The minimum atomic E-state index is -5.28. The number of aliphatic carboxylic acids is 1. The van der Waals surface area contributed by atoms with E-state index >= 15 is 4.39 Å². The average molecular weight is 666 g/mol. The molecule has 2 N–H and O–H groups in total. The number of benzene rings is 2. The van der Waals surface area contributed by atoms with Gasteiger partial charge in [-0.05, 0) is 49.3 Å². The molecule has 4 rings (SSSR count). The number of carbonyl (C=O) groups is 3. The van der Waals surface area contributed by atoms with Gasteiger partial charge in [0.2, 0.25) is 0 Å². The van der Waals surface area contributed by atoms with Gasteiger partial charge in [-0.25, -0.2) is 4.39 Å². The molecule has 1 saturated heterocycles. The number of anilines is 2. The molecule has 3 aromatic rings. The molecule has 256 valence electrons. The van der Waals surface area contributed by atoms with Gasteiger partial charge in [-0.1, -0.05) is 20.8 Å². The Kier molecular flexibility index (Phi) is 10.6. The number of amides is 1. The first-order chi connectivity index (χ1) is 22.1. The summed E-state index contributed by atoms with van der Waals surface area (Å²) in [6.45, 7) is 7.02. The third-order valence-corrected chi connectivity index (χ3v) is 7.94. The molecule has 1 aliphatic rings. The fourth-order valence-electron chi connectivity index (χ4n) is 5.60. The minimum Gasteiger partial charge on any atom is -0.493 e. The number of fused-ring (bicyclic) bond motifs is 1. The molecule has 1 amide bonds. The summed E-state index contributed by atoms with van der Waals surface area (Å²) >= 11 is 0. The number of nitrogens with one attached hydrogen (secondary N) is 1. The molecule has 1 aliphatic heterocycles. The molecule has 2 aromatic carbocycles. The van der Waals surface area contributed by atoms with E-state index in [0.29, 0.717) is 29.8 Å². The van der Waals surface area contributed by atoms with Gasteiger partial charge >= 0.3 is 18.1 Å². The maximum Gasteiger partial charge on any atom is 0.471 e. The largest absolute Gasteiger partial charge is 0.493 e. The zero-order valence-corrected chi connectivity index (χ0v) is 27.0. The van der Waals surface area contributed by atoms with Gasteiger partial charge in [0.05, 0.1) is 38.4 Å². The molecule has 0 aliphatic carbocycles. The smallest absolute Gasteiger partial charge is 0.471 e. The molecular weight excluding hydrogens is 626 g/mol. The van der Waals surface area contributed by atoms with Crippen molar-refractivity contribution in [2.45, 2.75) is 71.0 Å². The highest BCUT2D eigenvalue weighted by Gasteiger charge is 2.40. The molecule has 0 atom stereocenters. The molecule has 0 bridgehead atoms. The van der Waals surface area contributed by atoms with Crippen LogP contribution in [0.3, 0.4) is 0 Å². The number of ketones is 1. The van der Waals surface area contributed by atoms with Crippen LogP contribution in [0.15, 0.2) is 24.4 Å². The van der Waals surface area contributed by atoms with Crippen LogP contribution in [0.5, 0.6) is 17.2 Å². The lowest BCUT2D eigenvalue weighted by atomic mass is 9.84. The number of carboxylic acid groups (broad SMARTS) is 1. The maximum absolute atomic E-state index is 15.7. The van der Waals surface area contributed by atoms with Gasteiger partial charge < -0.3 is 34.1 Å². The van der Waals surface area contributed by atoms with Crippen molar-refractivity contribution in [1.29, 1.82) is 0 Å². The predicted octanol–water partition coefficient (Wildman–Crippen LogP) is 6.71. The Hall–Kier alpha value is -4.49. The minimum absolute atomic E-state index is 0.0190. The van der Waals surface area contributed by atoms with Crippen LogP contribution in [0.4, 0.5) is 29.1 Å². The number of rotatable bonds is 13. The summed E-state index contributed by atoms with van der Waals surface area (Å²) in [7, 11) is 2.43. The van der Waals surface area contributed by atoms with E-state index in [4.69, 9.17) is 19.3 Å². The quantitative estimate of drug-likeness (QED) is 0.118. The third kappa shape index (κ3) is 7.91. The van der Waals surface area contributed by atoms with E-state index in [-0.39, 0.29) is 40.9 Å². The summed E-state index contributed by atoms with van der Waals surface area (Å²) in [6.07, 6.45) is -1.19. The average Bonchev–Trinajstić information content (AvgIpc) is 3.64. The Labute approximate surface area is 269 Å². The summed E-state index contributed by atoms with van der Waals surface area (Å²) in [6, 6.07) is 4.70. The zero-order valence-electron chi connectivity index (χ0n) is 27.0. The molecule has 47 heavy (non-hydrogen) atoms. The first-order valence-corrected chi connectivity index (χ1v) is 15.2. The van der Waals surface area contributed by atoms with Gasteiger partial charge in [0.25, 0.3) is 0 Å². The monoisotopic (exact) mass is 665 g/mol. The molecule has 0 radical (unpaired) electrons. The molecule has 1 aromatic heterocycles. The van der Waals surface area contributed by atoms with Crippen molar-refractivity contribution in [1.82, 2.24) is 4.57 Å². The summed E-state index contributed by atoms with van der Waals surface area (Å²) in [5, 5.41) is 10.4. The van der Waals surface area contributed by atoms with E-state index in [2.05, 4.69) is 4.90 Å². The number of methoxy groups -OCH3 is 2. The van der Waals surface area contributed by atoms with Crippen LogP contribution in [-0.2, 0) is 21.5 Å². The number of hydrogen-bond donors (Lipinski definition) is 2. The highest BCUT2D eigenvalue weighted by Crippen LogP contribution is 2.43. The van der Waals surface area contributed by atoms with Crippen LogP contribution in [0.2, 0.25) is 0 Å². The molecule has 2 heterocycles. The predicted molar refractivity (Wildman–Crippen MR) is 168 cm³/mol. The van der Waals surface area contributed by atoms with Crippen molar-refractivity contribution < 1.29 is 51.3 Å². The van der Waals surface area contributed by atoms with Gasteiger partial charge in [0.15, 0.2) is 23.1 Å². The zero-order chi connectivity index (χ0) is 34.7. The number of Topliss-reactive ketones (excluding diaryl/α,β-unsaturated/α-hetero) is 1. The van der Waals surface area contributed by atoms with E-state index in [1.807, 2.05) is 20.8 Å². The fourth-order valence-corrected chi connectivity index (χ4v) is 5.60. The Bertz CT molecular complexity index is 1650. The van der Waals surface area contributed by atoms with Gasteiger partial charge in [-0.3, -0.25) is 14.4 Å². The Morgan fingerprint density at radius 2 is 1.66 bits per heavy atom. The number of unbranched alkanes of at least 4 members (excludes halogenated alkanes) is 1. The third-order valence-electron chi connectivity index (χ3n) is 7.94. The van der Waals surface area contributed by atoms with Crippen LogP contribution in [0.25, 0.3) is 10.8 Å². The van der Waals surface area contributed by atoms with Crippen molar-refractivity contribution in [3.8, 4) is 17.2 Å². The topological polar surface area (TPSA) is 119 Å². The number of aromatic nitrogens is 1. The van der Waals surface area contributed by atoms with E-state index in [1.165, 1.54) is 19.4 Å². The summed E-state index contributed by atoms with van der Waals surface area (Å²) < 4.78 is 73.3. The normalized spacial score (nSPS) is 13.6. The van der Waals surface area contributed by atoms with Crippen LogP contribution in [0.1, 0.15) is 68.8 Å². The van der Waals surface area contributed by atoms with Crippen LogP contribution in [0, 0.1) is 5.82 Å². The molecule has 14 heteroatoms. The van der Waals surface area contributed by atoms with Crippen LogP contribution < -0.4 is 24.4 Å². The van der Waals surface area contributed by atoms with Crippen molar-refractivity contribution in [2.24, 2.45) is 0 Å². The molecule has 0 spiro atoms. The lowest BCUT2D eigenvalue weighted by Crippen LogP contribution is -2.31. The lowest BCUT2D eigenvalue weighted by Gasteiger charge is -2.29. The van der Waals surface area contributed by atoms with E-state index < -0.39 is 47.4 Å². The standard InChI is InChI=1S/C33H39F4N3O7/c1-32(2,3)21-14-19(15-22(39-11-7-8-12-39)28(21)47-13-9-6-10-25(42)43)23(41)18-40-17-20-16-24(45-4)29(46-5)27(34)26(20)30(40)38-31(44)33(35,36)37/h14-17H,6-13,18H2,1-5H3,(H,38,44)(H,42,43). The number of nitrogens with zero attached hydrogens (tertiary/aromatic N) is 2. The Morgan fingerprint density at radius 1 is 0.979 bits per heavy atom. The SMILES string of the molecule is COc1cc2cn(CC(=O)c3cc(N4CCCC4)c(OCCCCC(=O)O)c(C(C)(C)C)c3)c(NC(=O)C(F)(F)F)c2c(F)c1OC. The lowest BCUT2D eigenvalue weighted by molar-refractivity contribution is -0.167. The van der Waals surface area contributed by atoms with Gasteiger partial charge in [-0.2, -0.15) is 13.2 Å². The van der Waals surface area contributed by atoms with E-state index in [9.17, 15) is 27.6 Å². The number of carboxylic acids is 1. The number of alkyl halides is 3. The number of halogens is 4. The molecule has 1 fully saturated rings. The van der Waals surface area contributed by atoms with Crippen molar-refractivity contribution >= 4 is 39.9 Å². The summed E-state index contributed by atoms with van der Waals surface area (Å²) in [4.78, 5) is 39.1. The first-order valence-electron chi connectivity index (χ1n) is 15.2. The van der Waals surface area contributed by atoms with Crippen molar-refractivity contribution in [3.63, 3.8) is 0 Å². The van der Waals surface area contributed by atoms with Crippen LogP contribution in [-0.4, -0.2) is 67.4 Å². The number of hydrogen-bond acceptors (Lipinski definition) is 7. The first kappa shape index (κ1) is 35.4. The number of carbonyl (C=O) groups excluding carboxylic acids is 2. The molecule has 10 nitrogen and oxygen atoms in total. The maximum atomic E-state index is 15.7. The number of ether oxygens (including phenoxy) is 3. The van der Waals surface area contributed by atoms with Gasteiger partial charge in [0.1, 0.15) is 11.6 Å². The second-order valence-electron chi connectivity index (χ2n) is 12.4. The molecule has 0 unspecified atom stereocenters. The van der Waals surface area contributed by atoms with Gasteiger partial charge in [0, 0.05) is 42.2 Å². The summed E-state index contributed by atoms with van der Waals surface area (Å²) in [5.41, 5.74) is 1.13. The van der Waals surface area contributed by atoms with Crippen LogP contribution >= 0.6 is 0 Å². The second-order valence-corrected chi connectivity index (χ2v) is 12.4. The fraction of sp³-hybridized carbons (Fsp3) is 0.485. The Morgan fingerprint density at radius 3 is 2.23 bits per heavy atom. The van der Waals surface area contributed by atoms with Crippen molar-refractivity contribution in [2.75, 3.05) is 44.1 Å². The van der Waals surface area contributed by atoms with E-state index in [1.54, 1.807) is 17.4 Å².